The predicted octanol–water partition coefficient (Wildman–Crippen LogP) is 5.13. The standard InChI is InChI=1S/C18H16BrCl2NO4S/c1-25-15-6-10(17-22-14(8-27-17)18(23)24)5-11(19)16(15)26-7-9-2-3-12(20)13(21)4-9/h2-6,14,17,22H,7-8H2,1H3,(H,23,24). The molecule has 2 N–H and O–H groups in total. The van der Waals surface area contributed by atoms with Gasteiger partial charge >= 0.3 is 5.97 Å². The molecule has 9 heteroatoms. The van der Waals surface area contributed by atoms with Gasteiger partial charge < -0.3 is 14.6 Å². The lowest BCUT2D eigenvalue weighted by Crippen LogP contribution is -2.33. The zero-order valence-corrected chi connectivity index (χ0v) is 18.1. The summed E-state index contributed by atoms with van der Waals surface area (Å²) in [4.78, 5) is 11.1. The van der Waals surface area contributed by atoms with Crippen LogP contribution in [-0.4, -0.2) is 30.0 Å². The van der Waals surface area contributed by atoms with Crippen molar-refractivity contribution < 1.29 is 19.4 Å². The van der Waals surface area contributed by atoms with Crippen LogP contribution in [0.25, 0.3) is 0 Å². The molecule has 0 bridgehead atoms. The Kier molecular flexibility index (Phi) is 6.81. The number of halogens is 3. The number of hydrogen-bond acceptors (Lipinski definition) is 5. The minimum absolute atomic E-state index is 0.125. The first-order valence-electron chi connectivity index (χ1n) is 7.93. The van der Waals surface area contributed by atoms with Crippen LogP contribution >= 0.6 is 50.9 Å². The molecule has 1 fully saturated rings. The van der Waals surface area contributed by atoms with Crippen LogP contribution in [0.5, 0.6) is 11.5 Å². The molecule has 0 saturated carbocycles. The second-order valence-electron chi connectivity index (χ2n) is 5.84. The number of aliphatic carboxylic acids is 1. The van der Waals surface area contributed by atoms with Gasteiger partial charge in [-0.2, -0.15) is 0 Å². The smallest absolute Gasteiger partial charge is 0.321 e. The van der Waals surface area contributed by atoms with E-state index in [9.17, 15) is 4.79 Å². The summed E-state index contributed by atoms with van der Waals surface area (Å²) in [5.74, 6) is 0.776. The minimum atomic E-state index is -0.849. The number of carbonyl (C=O) groups is 1. The van der Waals surface area contributed by atoms with Crippen LogP contribution in [0.4, 0.5) is 0 Å². The van der Waals surface area contributed by atoms with Gasteiger partial charge in [0.05, 0.1) is 27.0 Å². The number of carboxylic acid groups (broad SMARTS) is 1. The van der Waals surface area contributed by atoms with Crippen LogP contribution in [0.3, 0.4) is 0 Å². The Hall–Kier alpha value is -1.12. The Morgan fingerprint density at radius 2 is 2.11 bits per heavy atom. The van der Waals surface area contributed by atoms with E-state index in [1.165, 1.54) is 0 Å². The molecule has 1 aliphatic rings. The molecule has 2 atom stereocenters. The summed E-state index contributed by atoms with van der Waals surface area (Å²) in [5, 5.41) is 13.1. The molecular formula is C18H16BrCl2NO4S. The highest BCUT2D eigenvalue weighted by Crippen LogP contribution is 2.42. The molecule has 2 unspecified atom stereocenters. The van der Waals surface area contributed by atoms with Crippen LogP contribution in [0.2, 0.25) is 10.0 Å². The fourth-order valence-electron chi connectivity index (χ4n) is 2.62. The SMILES string of the molecule is COc1cc(C2NC(C(=O)O)CS2)cc(Br)c1OCc1ccc(Cl)c(Cl)c1. The number of rotatable bonds is 6. The monoisotopic (exact) mass is 491 g/mol. The molecule has 0 spiro atoms. The number of carboxylic acids is 1. The second-order valence-corrected chi connectivity index (χ2v) is 8.65. The fraction of sp³-hybridized carbons (Fsp3) is 0.278. The lowest BCUT2D eigenvalue weighted by Gasteiger charge is -2.17. The van der Waals surface area contributed by atoms with Crippen molar-refractivity contribution in [3.05, 3.63) is 56.0 Å². The van der Waals surface area contributed by atoms with Gasteiger partial charge in [-0.15, -0.1) is 11.8 Å². The van der Waals surface area contributed by atoms with Crippen LogP contribution in [0.1, 0.15) is 16.5 Å². The van der Waals surface area contributed by atoms with Crippen LogP contribution in [0.15, 0.2) is 34.8 Å². The first-order valence-corrected chi connectivity index (χ1v) is 10.5. The molecule has 2 aromatic carbocycles. The summed E-state index contributed by atoms with van der Waals surface area (Å²) in [6, 6.07) is 8.51. The maximum atomic E-state index is 11.1. The number of hydrogen-bond donors (Lipinski definition) is 2. The third-order valence-corrected chi connectivity index (χ3v) is 6.60. The van der Waals surface area contributed by atoms with E-state index in [1.807, 2.05) is 18.2 Å². The van der Waals surface area contributed by atoms with Gasteiger partial charge in [-0.3, -0.25) is 10.1 Å². The molecule has 0 aliphatic carbocycles. The van der Waals surface area contributed by atoms with E-state index in [1.54, 1.807) is 31.0 Å². The Morgan fingerprint density at radius 1 is 1.33 bits per heavy atom. The lowest BCUT2D eigenvalue weighted by atomic mass is 10.2. The number of benzene rings is 2. The number of methoxy groups -OCH3 is 1. The summed E-state index contributed by atoms with van der Waals surface area (Å²) in [6.45, 7) is 0.294. The van der Waals surface area contributed by atoms with Crippen LogP contribution < -0.4 is 14.8 Å². The fourth-order valence-corrected chi connectivity index (χ4v) is 4.73. The van der Waals surface area contributed by atoms with E-state index in [2.05, 4.69) is 21.2 Å². The number of thioether (sulfide) groups is 1. The van der Waals surface area contributed by atoms with Crippen LogP contribution in [-0.2, 0) is 11.4 Å². The topological polar surface area (TPSA) is 67.8 Å². The van der Waals surface area contributed by atoms with Crippen molar-refractivity contribution in [1.29, 1.82) is 0 Å². The average Bonchev–Trinajstić information content (AvgIpc) is 3.13. The molecule has 1 heterocycles. The zero-order chi connectivity index (χ0) is 19.6. The van der Waals surface area contributed by atoms with Gasteiger partial charge in [0.1, 0.15) is 12.6 Å². The molecule has 1 aliphatic heterocycles. The Balaban J connectivity index is 1.78. The molecule has 3 rings (SSSR count). The summed E-state index contributed by atoms with van der Waals surface area (Å²) >= 11 is 17.0. The highest BCUT2D eigenvalue weighted by molar-refractivity contribution is 9.10. The Morgan fingerprint density at radius 3 is 2.74 bits per heavy atom. The number of nitrogens with one attached hydrogen (secondary N) is 1. The van der Waals surface area contributed by atoms with Crippen LogP contribution in [0, 0.1) is 0 Å². The van der Waals surface area contributed by atoms with Crippen molar-refractivity contribution in [3.8, 4) is 11.5 Å². The van der Waals surface area contributed by atoms with Crippen molar-refractivity contribution in [2.24, 2.45) is 0 Å². The van der Waals surface area contributed by atoms with E-state index in [4.69, 9.17) is 37.8 Å². The summed E-state index contributed by atoms with van der Waals surface area (Å²) < 4.78 is 12.1. The molecule has 0 amide bonds. The molecule has 2 aromatic rings. The summed E-state index contributed by atoms with van der Waals surface area (Å²) in [7, 11) is 1.56. The molecule has 144 valence electrons. The number of ether oxygens (including phenoxy) is 2. The van der Waals surface area contributed by atoms with E-state index in [0.717, 1.165) is 15.6 Å². The maximum absolute atomic E-state index is 11.1. The van der Waals surface area contributed by atoms with E-state index in [0.29, 0.717) is 33.9 Å². The predicted molar refractivity (Wildman–Crippen MR) is 111 cm³/mol. The normalized spacial score (nSPS) is 19.1. The van der Waals surface area contributed by atoms with Gasteiger partial charge in [0, 0.05) is 5.75 Å². The molecule has 1 saturated heterocycles. The summed E-state index contributed by atoms with van der Waals surface area (Å²) in [6.07, 6.45) is 0. The largest absolute Gasteiger partial charge is 0.493 e. The average molecular weight is 493 g/mol. The van der Waals surface area contributed by atoms with Crippen molar-refractivity contribution in [2.45, 2.75) is 18.0 Å². The quantitative estimate of drug-likeness (QED) is 0.582. The van der Waals surface area contributed by atoms with Gasteiger partial charge in [0.15, 0.2) is 11.5 Å². The van der Waals surface area contributed by atoms with E-state index in [-0.39, 0.29) is 5.37 Å². The highest BCUT2D eigenvalue weighted by atomic mass is 79.9. The third-order valence-electron chi connectivity index (χ3n) is 4.00. The van der Waals surface area contributed by atoms with Crippen molar-refractivity contribution in [2.75, 3.05) is 12.9 Å². The summed E-state index contributed by atoms with van der Waals surface area (Å²) in [5.41, 5.74) is 1.79. The van der Waals surface area contributed by atoms with Gasteiger partial charge in [0.25, 0.3) is 0 Å². The zero-order valence-electron chi connectivity index (χ0n) is 14.2. The van der Waals surface area contributed by atoms with Gasteiger partial charge in [-0.05, 0) is 51.3 Å². The molecule has 0 aromatic heterocycles. The molecule has 0 radical (unpaired) electrons. The molecule has 5 nitrogen and oxygen atoms in total. The van der Waals surface area contributed by atoms with Crippen molar-refractivity contribution in [1.82, 2.24) is 5.32 Å². The maximum Gasteiger partial charge on any atom is 0.321 e. The van der Waals surface area contributed by atoms with Gasteiger partial charge in [-0.1, -0.05) is 29.3 Å². The van der Waals surface area contributed by atoms with Crippen molar-refractivity contribution in [3.63, 3.8) is 0 Å². The first kappa shape index (κ1) is 20.6. The third kappa shape index (κ3) is 4.84. The highest BCUT2D eigenvalue weighted by Gasteiger charge is 2.31. The van der Waals surface area contributed by atoms with Gasteiger partial charge in [0.2, 0.25) is 0 Å². The lowest BCUT2D eigenvalue weighted by molar-refractivity contribution is -0.138. The van der Waals surface area contributed by atoms with E-state index < -0.39 is 12.0 Å². The first-order chi connectivity index (χ1) is 12.9. The van der Waals surface area contributed by atoms with Crippen molar-refractivity contribution >= 4 is 56.9 Å². The molecule has 27 heavy (non-hydrogen) atoms. The minimum Gasteiger partial charge on any atom is -0.493 e. The second kappa shape index (κ2) is 8.92. The molecular weight excluding hydrogens is 477 g/mol. The van der Waals surface area contributed by atoms with Gasteiger partial charge in [-0.25, -0.2) is 0 Å². The van der Waals surface area contributed by atoms with E-state index >= 15 is 0 Å². The Bertz CT molecular complexity index is 867. The Labute approximate surface area is 179 Å².